The summed E-state index contributed by atoms with van der Waals surface area (Å²) < 4.78 is 0. The fourth-order valence-corrected chi connectivity index (χ4v) is 3.04. The first-order chi connectivity index (χ1) is 4.62. The molecule has 11 heavy (non-hydrogen) atoms. The summed E-state index contributed by atoms with van der Waals surface area (Å²) in [4.78, 5) is 0. The van der Waals surface area contributed by atoms with Crippen LogP contribution in [0.3, 0.4) is 0 Å². The molecule has 2 saturated carbocycles. The normalized spacial score (nSPS) is 45.5. The summed E-state index contributed by atoms with van der Waals surface area (Å²) in [7, 11) is 0. The zero-order chi connectivity index (χ0) is 7.35. The predicted octanol–water partition coefficient (Wildman–Crippen LogP) is -0.133. The first kappa shape index (κ1) is 9.64. The summed E-state index contributed by atoms with van der Waals surface area (Å²) in [6.45, 7) is 4.70. The van der Waals surface area contributed by atoms with Gasteiger partial charge in [0.05, 0.1) is 0 Å². The van der Waals surface area contributed by atoms with E-state index < -0.39 is 0 Å². The molecule has 0 unspecified atom stereocenters. The van der Waals surface area contributed by atoms with E-state index in [1.165, 1.54) is 19.3 Å². The van der Waals surface area contributed by atoms with Crippen molar-refractivity contribution in [1.82, 2.24) is 0 Å². The Morgan fingerprint density at radius 1 is 1.27 bits per heavy atom. The van der Waals surface area contributed by atoms with Gasteiger partial charge in [-0.05, 0) is 17.8 Å². The van der Waals surface area contributed by atoms with Crippen LogP contribution in [0.5, 0.6) is 0 Å². The van der Waals surface area contributed by atoms with Gasteiger partial charge >= 0.3 is 18.9 Å². The zero-order valence-electron chi connectivity index (χ0n) is 7.85. The molecule has 0 aromatic carbocycles. The molecule has 0 heterocycles. The second-order valence-corrected chi connectivity index (χ2v) is 4.54. The third kappa shape index (κ3) is 1.18. The first-order valence-electron chi connectivity index (χ1n) is 4.33. The van der Waals surface area contributed by atoms with E-state index in [1.54, 1.807) is 0 Å². The van der Waals surface area contributed by atoms with Crippen LogP contribution in [0.15, 0.2) is 0 Å². The molecule has 0 aromatic heterocycles. The van der Waals surface area contributed by atoms with E-state index in [1.807, 2.05) is 0 Å². The van der Waals surface area contributed by atoms with Gasteiger partial charge in [0.15, 0.2) is 0 Å². The van der Waals surface area contributed by atoms with E-state index >= 15 is 0 Å². The second kappa shape index (κ2) is 2.80. The Hall–Kier alpha value is 0.557. The molecule has 1 nitrogen and oxygen atoms in total. The molecule has 1 N–H and O–H groups in total. The van der Waals surface area contributed by atoms with Gasteiger partial charge in [0.25, 0.3) is 0 Å². The Bertz CT molecular complexity index is 156. The maximum atomic E-state index is 7.78. The molecule has 58 valence electrons. The van der Waals surface area contributed by atoms with Crippen molar-refractivity contribution in [3.05, 3.63) is 5.73 Å². The summed E-state index contributed by atoms with van der Waals surface area (Å²) in [5, 5.41) is 0. The Morgan fingerprint density at radius 2 is 1.91 bits per heavy atom. The fraction of sp³-hybridized carbons (Fsp3) is 1.00. The molecule has 2 aliphatic carbocycles. The van der Waals surface area contributed by atoms with Crippen molar-refractivity contribution in [3.63, 3.8) is 0 Å². The van der Waals surface area contributed by atoms with Gasteiger partial charge in [-0.1, -0.05) is 32.6 Å². The van der Waals surface area contributed by atoms with Crippen LogP contribution in [0.1, 0.15) is 33.1 Å². The Balaban J connectivity index is 0.000000605. The van der Waals surface area contributed by atoms with Gasteiger partial charge in [0, 0.05) is 0 Å². The fourth-order valence-electron chi connectivity index (χ4n) is 3.04. The maximum absolute atomic E-state index is 7.78. The number of hydrogen-bond acceptors (Lipinski definition) is 0. The number of nitrogens with one attached hydrogen (secondary N) is 1. The van der Waals surface area contributed by atoms with Crippen molar-refractivity contribution in [2.75, 3.05) is 0 Å². The Labute approximate surface area is 81.3 Å². The van der Waals surface area contributed by atoms with Crippen molar-refractivity contribution >= 4 is 0 Å². The van der Waals surface area contributed by atoms with E-state index in [2.05, 4.69) is 13.8 Å². The molecule has 0 amide bonds. The maximum Gasteiger partial charge on any atom is 1.00 e. The van der Waals surface area contributed by atoms with Gasteiger partial charge in [0.2, 0.25) is 0 Å². The molecule has 2 aliphatic rings. The molecule has 2 fully saturated rings. The quantitative estimate of drug-likeness (QED) is 0.424. The van der Waals surface area contributed by atoms with Gasteiger partial charge in [-0.25, -0.2) is 0 Å². The minimum Gasteiger partial charge on any atom is -0.674 e. The molecule has 0 aromatic rings. The standard InChI is InChI=1S/C9H16N.Li/c1-9(2)6-3-4-7(9)8(10)5-6;/h6-8,10H,3-5H2,1-2H3;/q-1;+1/t6-,7+,8-;/m1./s1. The molecular formula is C9H16LiN. The average molecular weight is 145 g/mol. The molecule has 3 atom stereocenters. The topological polar surface area (TPSA) is 23.8 Å². The monoisotopic (exact) mass is 145 g/mol. The molecule has 0 aliphatic heterocycles. The number of fused-ring (bicyclic) bond motifs is 2. The van der Waals surface area contributed by atoms with E-state index in [4.69, 9.17) is 5.73 Å². The van der Waals surface area contributed by atoms with E-state index in [-0.39, 0.29) is 24.9 Å². The van der Waals surface area contributed by atoms with Gasteiger partial charge in [0.1, 0.15) is 0 Å². The van der Waals surface area contributed by atoms with Crippen molar-refractivity contribution in [2.45, 2.75) is 39.2 Å². The van der Waals surface area contributed by atoms with Gasteiger partial charge in [-0.15, -0.1) is 6.04 Å². The van der Waals surface area contributed by atoms with Crippen LogP contribution in [0.4, 0.5) is 0 Å². The van der Waals surface area contributed by atoms with Crippen LogP contribution in [-0.2, 0) is 0 Å². The Kier molecular flexibility index (Phi) is 2.46. The van der Waals surface area contributed by atoms with Crippen molar-refractivity contribution in [3.8, 4) is 0 Å². The summed E-state index contributed by atoms with van der Waals surface area (Å²) in [6.07, 6.45) is 3.90. The van der Waals surface area contributed by atoms with Gasteiger partial charge < -0.3 is 5.73 Å². The van der Waals surface area contributed by atoms with Crippen LogP contribution in [0.25, 0.3) is 5.73 Å². The smallest absolute Gasteiger partial charge is 0.674 e. The minimum atomic E-state index is 0. The van der Waals surface area contributed by atoms with Crippen LogP contribution < -0.4 is 18.9 Å². The molecule has 2 bridgehead atoms. The van der Waals surface area contributed by atoms with Gasteiger partial charge in [-0.3, -0.25) is 0 Å². The van der Waals surface area contributed by atoms with E-state index in [9.17, 15) is 0 Å². The average Bonchev–Trinajstić information content (AvgIpc) is 2.20. The van der Waals surface area contributed by atoms with Crippen LogP contribution >= 0.6 is 0 Å². The summed E-state index contributed by atoms with van der Waals surface area (Å²) in [6, 6.07) is 0.272. The number of rotatable bonds is 0. The van der Waals surface area contributed by atoms with E-state index in [0.717, 1.165) is 11.8 Å². The SMILES string of the molecule is CC1(C)[C@@H]2CC[C@H]1[C@H]([NH-])C2.[Li+]. The minimum absolute atomic E-state index is 0. The first-order valence-corrected chi connectivity index (χ1v) is 4.33. The van der Waals surface area contributed by atoms with Crippen molar-refractivity contribution in [2.24, 2.45) is 17.3 Å². The van der Waals surface area contributed by atoms with E-state index in [0.29, 0.717) is 5.41 Å². The molecule has 2 rings (SSSR count). The summed E-state index contributed by atoms with van der Waals surface area (Å²) >= 11 is 0. The molecule has 0 saturated heterocycles. The molecular weight excluding hydrogens is 129 g/mol. The van der Waals surface area contributed by atoms with Crippen LogP contribution in [0, 0.1) is 17.3 Å². The zero-order valence-corrected chi connectivity index (χ0v) is 7.85. The number of hydrogen-bond donors (Lipinski definition) is 0. The predicted molar refractivity (Wildman–Crippen MR) is 42.7 cm³/mol. The summed E-state index contributed by atoms with van der Waals surface area (Å²) in [5.74, 6) is 1.59. The Morgan fingerprint density at radius 3 is 2.09 bits per heavy atom. The van der Waals surface area contributed by atoms with Crippen molar-refractivity contribution < 1.29 is 18.9 Å². The third-order valence-electron chi connectivity index (χ3n) is 3.86. The molecule has 2 heteroatoms. The van der Waals surface area contributed by atoms with Crippen molar-refractivity contribution in [1.29, 1.82) is 0 Å². The van der Waals surface area contributed by atoms with Gasteiger partial charge in [-0.2, -0.15) is 0 Å². The third-order valence-corrected chi connectivity index (χ3v) is 3.86. The summed E-state index contributed by atoms with van der Waals surface area (Å²) in [5.41, 5.74) is 8.28. The molecule has 0 radical (unpaired) electrons. The van der Waals surface area contributed by atoms with Crippen LogP contribution in [-0.4, -0.2) is 6.04 Å². The van der Waals surface area contributed by atoms with Crippen LogP contribution in [0.2, 0.25) is 0 Å². The largest absolute Gasteiger partial charge is 1.00 e. The second-order valence-electron chi connectivity index (χ2n) is 4.54. The molecule has 0 spiro atoms.